The van der Waals surface area contributed by atoms with Crippen LogP contribution in [-0.4, -0.2) is 5.11 Å². The fourth-order valence-electron chi connectivity index (χ4n) is 2.21. The van der Waals surface area contributed by atoms with Gasteiger partial charge in [0.1, 0.15) is 5.60 Å². The third-order valence-corrected chi connectivity index (χ3v) is 4.45. The zero-order chi connectivity index (χ0) is 15.0. The van der Waals surface area contributed by atoms with Crippen LogP contribution in [0.15, 0.2) is 35.7 Å². The molecule has 108 valence electrons. The highest BCUT2D eigenvalue weighted by atomic mass is 32.1. The lowest BCUT2D eigenvalue weighted by atomic mass is 9.92. The van der Waals surface area contributed by atoms with Crippen LogP contribution in [0, 0.1) is 6.92 Å². The second-order valence-corrected chi connectivity index (χ2v) is 5.99. The summed E-state index contributed by atoms with van der Waals surface area (Å²) in [5.74, 6) is 0. The fourth-order valence-corrected chi connectivity index (χ4v) is 3.20. The van der Waals surface area contributed by atoms with Crippen LogP contribution in [0.2, 0.25) is 0 Å². The Hall–Kier alpha value is -1.33. The van der Waals surface area contributed by atoms with E-state index < -0.39 is 17.3 Å². The molecule has 0 amide bonds. The van der Waals surface area contributed by atoms with Crippen LogP contribution in [-0.2, 0) is 18.2 Å². The lowest BCUT2D eigenvalue weighted by molar-refractivity contribution is -0.137. The van der Waals surface area contributed by atoms with E-state index in [1.165, 1.54) is 23.5 Å². The van der Waals surface area contributed by atoms with E-state index in [1.807, 2.05) is 18.4 Å². The number of halogens is 3. The van der Waals surface area contributed by atoms with Gasteiger partial charge < -0.3 is 5.11 Å². The molecule has 2 aromatic rings. The van der Waals surface area contributed by atoms with Gasteiger partial charge in [-0.3, -0.25) is 0 Å². The van der Waals surface area contributed by atoms with Crippen molar-refractivity contribution in [2.75, 3.05) is 0 Å². The molecule has 1 nitrogen and oxygen atoms in total. The molecule has 1 unspecified atom stereocenters. The SMILES string of the molecule is Cc1ccsc1C(C)(O)Cc1ccc(C(F)(F)F)cc1. The number of hydrogen-bond acceptors (Lipinski definition) is 2. The van der Waals surface area contributed by atoms with Crippen molar-refractivity contribution < 1.29 is 18.3 Å². The Labute approximate surface area is 119 Å². The van der Waals surface area contributed by atoms with E-state index in [1.54, 1.807) is 6.92 Å². The van der Waals surface area contributed by atoms with Crippen LogP contribution in [0.3, 0.4) is 0 Å². The van der Waals surface area contributed by atoms with Crippen molar-refractivity contribution in [3.8, 4) is 0 Å². The molecule has 0 bridgehead atoms. The molecule has 20 heavy (non-hydrogen) atoms. The van der Waals surface area contributed by atoms with E-state index in [9.17, 15) is 18.3 Å². The Kier molecular flexibility index (Phi) is 3.93. The first kappa shape index (κ1) is 15.1. The second kappa shape index (κ2) is 5.22. The normalized spacial score (nSPS) is 15.1. The topological polar surface area (TPSA) is 20.2 Å². The Morgan fingerprint density at radius 2 is 1.70 bits per heavy atom. The number of alkyl halides is 3. The maximum Gasteiger partial charge on any atom is 0.416 e. The molecule has 1 aromatic heterocycles. The van der Waals surface area contributed by atoms with Gasteiger partial charge >= 0.3 is 6.18 Å². The number of aliphatic hydroxyl groups is 1. The zero-order valence-corrected chi connectivity index (χ0v) is 12.0. The monoisotopic (exact) mass is 300 g/mol. The quantitative estimate of drug-likeness (QED) is 0.883. The van der Waals surface area contributed by atoms with Gasteiger partial charge in [0.2, 0.25) is 0 Å². The Morgan fingerprint density at radius 1 is 1.10 bits per heavy atom. The molecule has 0 aliphatic rings. The first-order valence-electron chi connectivity index (χ1n) is 6.13. The Balaban J connectivity index is 2.20. The molecule has 0 radical (unpaired) electrons. The van der Waals surface area contributed by atoms with Gasteiger partial charge in [0.05, 0.1) is 5.56 Å². The molecule has 1 N–H and O–H groups in total. The van der Waals surface area contributed by atoms with Gasteiger partial charge in [0, 0.05) is 11.3 Å². The average molecular weight is 300 g/mol. The van der Waals surface area contributed by atoms with Gasteiger partial charge in [0.15, 0.2) is 0 Å². The molecule has 1 heterocycles. The highest BCUT2D eigenvalue weighted by Crippen LogP contribution is 2.33. The lowest BCUT2D eigenvalue weighted by Gasteiger charge is -2.23. The highest BCUT2D eigenvalue weighted by Gasteiger charge is 2.31. The summed E-state index contributed by atoms with van der Waals surface area (Å²) in [6, 6.07) is 6.85. The lowest BCUT2D eigenvalue weighted by Crippen LogP contribution is -2.23. The molecule has 0 saturated heterocycles. The van der Waals surface area contributed by atoms with Gasteiger partial charge in [-0.05, 0) is 48.6 Å². The van der Waals surface area contributed by atoms with Crippen LogP contribution in [0.25, 0.3) is 0 Å². The number of thiophene rings is 1. The molecule has 5 heteroatoms. The molecule has 0 spiro atoms. The smallest absolute Gasteiger partial charge is 0.384 e. The van der Waals surface area contributed by atoms with Crippen LogP contribution >= 0.6 is 11.3 Å². The van der Waals surface area contributed by atoms with Crippen LogP contribution < -0.4 is 0 Å². The molecule has 1 aromatic carbocycles. The molecular formula is C15H15F3OS. The van der Waals surface area contributed by atoms with E-state index in [0.717, 1.165) is 22.6 Å². The van der Waals surface area contributed by atoms with Crippen LogP contribution in [0.1, 0.15) is 28.5 Å². The molecule has 0 saturated carbocycles. The van der Waals surface area contributed by atoms with Crippen molar-refractivity contribution in [2.24, 2.45) is 0 Å². The van der Waals surface area contributed by atoms with Crippen LogP contribution in [0.4, 0.5) is 13.2 Å². The largest absolute Gasteiger partial charge is 0.416 e. The van der Waals surface area contributed by atoms with E-state index in [-0.39, 0.29) is 6.42 Å². The van der Waals surface area contributed by atoms with E-state index in [4.69, 9.17) is 0 Å². The number of benzene rings is 1. The average Bonchev–Trinajstić information content (AvgIpc) is 2.75. The van der Waals surface area contributed by atoms with Crippen molar-refractivity contribution in [2.45, 2.75) is 32.0 Å². The summed E-state index contributed by atoms with van der Waals surface area (Å²) in [6.45, 7) is 3.59. The Morgan fingerprint density at radius 3 is 2.15 bits per heavy atom. The fraction of sp³-hybridized carbons (Fsp3) is 0.333. The molecule has 0 aliphatic heterocycles. The number of aryl methyl sites for hydroxylation is 1. The first-order chi connectivity index (χ1) is 9.20. The maximum absolute atomic E-state index is 12.5. The standard InChI is InChI=1S/C15H15F3OS/c1-10-7-8-20-13(10)14(2,19)9-11-3-5-12(6-4-11)15(16,17)18/h3-8,19H,9H2,1-2H3. The second-order valence-electron chi connectivity index (χ2n) is 5.08. The third-order valence-electron chi connectivity index (χ3n) is 3.18. The van der Waals surface area contributed by atoms with Crippen molar-refractivity contribution in [1.82, 2.24) is 0 Å². The van der Waals surface area contributed by atoms with Crippen molar-refractivity contribution in [3.63, 3.8) is 0 Å². The molecule has 2 rings (SSSR count). The van der Waals surface area contributed by atoms with E-state index in [0.29, 0.717) is 5.56 Å². The number of hydrogen-bond donors (Lipinski definition) is 1. The summed E-state index contributed by atoms with van der Waals surface area (Å²) in [7, 11) is 0. The minimum atomic E-state index is -4.33. The van der Waals surface area contributed by atoms with Crippen molar-refractivity contribution in [3.05, 3.63) is 57.3 Å². The molecule has 0 aliphatic carbocycles. The molecule has 0 fully saturated rings. The minimum Gasteiger partial charge on any atom is -0.384 e. The van der Waals surface area contributed by atoms with Crippen molar-refractivity contribution in [1.29, 1.82) is 0 Å². The first-order valence-corrected chi connectivity index (χ1v) is 7.01. The summed E-state index contributed by atoms with van der Waals surface area (Å²) >= 11 is 1.45. The third kappa shape index (κ3) is 3.22. The summed E-state index contributed by atoms with van der Waals surface area (Å²) in [4.78, 5) is 0.845. The maximum atomic E-state index is 12.5. The summed E-state index contributed by atoms with van der Waals surface area (Å²) in [5.41, 5.74) is -0.0752. The summed E-state index contributed by atoms with van der Waals surface area (Å²) < 4.78 is 37.5. The van der Waals surface area contributed by atoms with E-state index >= 15 is 0 Å². The molecule has 1 atom stereocenters. The highest BCUT2D eigenvalue weighted by molar-refractivity contribution is 7.10. The molecular weight excluding hydrogens is 285 g/mol. The Bertz CT molecular complexity index is 582. The van der Waals surface area contributed by atoms with E-state index in [2.05, 4.69) is 0 Å². The van der Waals surface area contributed by atoms with Gasteiger partial charge in [0.25, 0.3) is 0 Å². The van der Waals surface area contributed by atoms with Gasteiger partial charge in [-0.1, -0.05) is 12.1 Å². The minimum absolute atomic E-state index is 0.284. The van der Waals surface area contributed by atoms with Gasteiger partial charge in [-0.25, -0.2) is 0 Å². The van der Waals surface area contributed by atoms with Crippen LogP contribution in [0.5, 0.6) is 0 Å². The van der Waals surface area contributed by atoms with Crippen molar-refractivity contribution >= 4 is 11.3 Å². The predicted molar refractivity (Wildman–Crippen MR) is 73.8 cm³/mol. The van der Waals surface area contributed by atoms with Gasteiger partial charge in [-0.2, -0.15) is 13.2 Å². The predicted octanol–water partition coefficient (Wildman–Crippen LogP) is 4.53. The summed E-state index contributed by atoms with van der Waals surface area (Å²) in [5, 5.41) is 12.4. The summed E-state index contributed by atoms with van der Waals surface area (Å²) in [6.07, 6.45) is -4.04. The zero-order valence-electron chi connectivity index (χ0n) is 11.2. The van der Waals surface area contributed by atoms with Gasteiger partial charge in [-0.15, -0.1) is 11.3 Å². The number of rotatable bonds is 3.